The summed E-state index contributed by atoms with van der Waals surface area (Å²) >= 11 is 0. The van der Waals surface area contributed by atoms with Crippen LogP contribution in [0.25, 0.3) is 5.69 Å². The van der Waals surface area contributed by atoms with Crippen LogP contribution in [0.4, 0.5) is 4.79 Å². The summed E-state index contributed by atoms with van der Waals surface area (Å²) in [5, 5.41) is 3.12. The van der Waals surface area contributed by atoms with E-state index in [0.29, 0.717) is 12.6 Å². The summed E-state index contributed by atoms with van der Waals surface area (Å²) < 4.78 is 1.97. The zero-order valence-electron chi connectivity index (χ0n) is 14.6. The standard InChI is InChI=1S/C20H26N4O/c25-20(24-12-3-6-19(24)17-4-1-2-5-17)22-14-16-7-9-18(10-8-16)23-13-11-21-15-23/h7-11,13,15,17,19H,1-6,12,14H2,(H,22,25)/t19-/m0/s1. The fraction of sp³-hybridized carbons (Fsp3) is 0.500. The number of imidazole rings is 1. The second-order valence-electron chi connectivity index (χ2n) is 7.24. The summed E-state index contributed by atoms with van der Waals surface area (Å²) in [5.41, 5.74) is 2.20. The molecule has 0 spiro atoms. The fourth-order valence-corrected chi connectivity index (χ4v) is 4.35. The van der Waals surface area contributed by atoms with Gasteiger partial charge in [-0.3, -0.25) is 0 Å². The molecule has 5 nitrogen and oxygen atoms in total. The van der Waals surface area contributed by atoms with Gasteiger partial charge in [0.15, 0.2) is 0 Å². The van der Waals surface area contributed by atoms with E-state index in [1.165, 1.54) is 32.1 Å². The van der Waals surface area contributed by atoms with Gasteiger partial charge in [-0.15, -0.1) is 0 Å². The molecule has 132 valence electrons. The summed E-state index contributed by atoms with van der Waals surface area (Å²) in [4.78, 5) is 18.8. The topological polar surface area (TPSA) is 50.2 Å². The Morgan fingerprint density at radius 3 is 2.64 bits per heavy atom. The Hall–Kier alpha value is -2.30. The molecule has 25 heavy (non-hydrogen) atoms. The number of nitrogens with one attached hydrogen (secondary N) is 1. The third-order valence-corrected chi connectivity index (χ3v) is 5.69. The molecule has 1 aromatic heterocycles. The van der Waals surface area contributed by atoms with Crippen LogP contribution in [0.15, 0.2) is 43.0 Å². The highest BCUT2D eigenvalue weighted by Crippen LogP contribution is 2.35. The highest BCUT2D eigenvalue weighted by molar-refractivity contribution is 5.75. The SMILES string of the molecule is O=C(NCc1ccc(-n2ccnc2)cc1)N1CCC[C@H]1C1CCCC1. The first-order chi connectivity index (χ1) is 12.3. The molecule has 5 heteroatoms. The molecular formula is C20H26N4O. The van der Waals surface area contributed by atoms with Crippen LogP contribution in [-0.2, 0) is 6.54 Å². The number of rotatable bonds is 4. The van der Waals surface area contributed by atoms with Gasteiger partial charge in [-0.05, 0) is 49.3 Å². The van der Waals surface area contributed by atoms with Crippen LogP contribution in [0, 0.1) is 5.92 Å². The second kappa shape index (κ2) is 7.30. The molecule has 0 bridgehead atoms. The first kappa shape index (κ1) is 16.2. The third kappa shape index (κ3) is 3.55. The highest BCUT2D eigenvalue weighted by Gasteiger charge is 2.35. The molecule has 2 amide bonds. The van der Waals surface area contributed by atoms with Crippen LogP contribution < -0.4 is 5.32 Å². The van der Waals surface area contributed by atoms with Crippen LogP contribution in [0.2, 0.25) is 0 Å². The van der Waals surface area contributed by atoms with E-state index in [1.807, 2.05) is 10.8 Å². The van der Waals surface area contributed by atoms with E-state index in [0.717, 1.165) is 30.1 Å². The van der Waals surface area contributed by atoms with Crippen molar-refractivity contribution in [1.82, 2.24) is 19.8 Å². The minimum atomic E-state index is 0.105. The second-order valence-corrected chi connectivity index (χ2v) is 7.24. The van der Waals surface area contributed by atoms with Gasteiger partial charge >= 0.3 is 6.03 Å². The van der Waals surface area contributed by atoms with Gasteiger partial charge in [-0.2, -0.15) is 0 Å². The lowest BCUT2D eigenvalue weighted by Gasteiger charge is -2.29. The van der Waals surface area contributed by atoms with Gasteiger partial charge in [0, 0.05) is 37.2 Å². The number of carbonyl (C=O) groups is 1. The molecule has 1 saturated carbocycles. The number of urea groups is 1. The van der Waals surface area contributed by atoms with Crippen molar-refractivity contribution in [2.24, 2.45) is 5.92 Å². The molecule has 0 unspecified atom stereocenters. The number of amides is 2. The van der Waals surface area contributed by atoms with E-state index in [9.17, 15) is 4.79 Å². The lowest BCUT2D eigenvalue weighted by molar-refractivity contribution is 0.172. The van der Waals surface area contributed by atoms with E-state index < -0.39 is 0 Å². The number of hydrogen-bond acceptors (Lipinski definition) is 2. The Bertz CT molecular complexity index is 689. The maximum atomic E-state index is 12.6. The van der Waals surface area contributed by atoms with Gasteiger partial charge in [0.05, 0.1) is 6.33 Å². The molecule has 1 atom stereocenters. The van der Waals surface area contributed by atoms with Crippen molar-refractivity contribution in [2.45, 2.75) is 51.1 Å². The summed E-state index contributed by atoms with van der Waals surface area (Å²) in [5.74, 6) is 0.725. The fourth-order valence-electron chi connectivity index (χ4n) is 4.35. The maximum absolute atomic E-state index is 12.6. The van der Waals surface area contributed by atoms with E-state index >= 15 is 0 Å². The molecule has 1 N–H and O–H groups in total. The van der Waals surface area contributed by atoms with Crippen LogP contribution in [0.3, 0.4) is 0 Å². The molecule has 2 aliphatic rings. The monoisotopic (exact) mass is 338 g/mol. The highest BCUT2D eigenvalue weighted by atomic mass is 16.2. The van der Waals surface area contributed by atoms with Gasteiger partial charge in [-0.25, -0.2) is 9.78 Å². The maximum Gasteiger partial charge on any atom is 0.317 e. The molecule has 1 aromatic carbocycles. The van der Waals surface area contributed by atoms with Crippen molar-refractivity contribution >= 4 is 6.03 Å². The number of likely N-dealkylation sites (tertiary alicyclic amines) is 1. The third-order valence-electron chi connectivity index (χ3n) is 5.69. The van der Waals surface area contributed by atoms with Crippen molar-refractivity contribution in [3.8, 4) is 5.69 Å². The van der Waals surface area contributed by atoms with Crippen molar-refractivity contribution in [3.05, 3.63) is 48.5 Å². The predicted molar refractivity (Wildman–Crippen MR) is 97.5 cm³/mol. The van der Waals surface area contributed by atoms with Gasteiger partial charge in [0.1, 0.15) is 0 Å². The first-order valence-corrected chi connectivity index (χ1v) is 9.43. The minimum Gasteiger partial charge on any atom is -0.334 e. The largest absolute Gasteiger partial charge is 0.334 e. The van der Waals surface area contributed by atoms with Gasteiger partial charge in [0.2, 0.25) is 0 Å². The van der Waals surface area contributed by atoms with E-state index in [4.69, 9.17) is 0 Å². The van der Waals surface area contributed by atoms with Crippen molar-refractivity contribution < 1.29 is 4.79 Å². The van der Waals surface area contributed by atoms with E-state index in [1.54, 1.807) is 12.5 Å². The Kier molecular flexibility index (Phi) is 4.72. The Balaban J connectivity index is 1.33. The molecule has 2 fully saturated rings. The smallest absolute Gasteiger partial charge is 0.317 e. The molecule has 0 radical (unpaired) electrons. The molecular weight excluding hydrogens is 312 g/mol. The lowest BCUT2D eigenvalue weighted by atomic mass is 9.96. The summed E-state index contributed by atoms with van der Waals surface area (Å²) in [7, 11) is 0. The Labute approximate surface area is 149 Å². The molecule has 2 heterocycles. The Morgan fingerprint density at radius 2 is 1.92 bits per heavy atom. The molecule has 1 saturated heterocycles. The number of hydrogen-bond donors (Lipinski definition) is 1. The number of aromatic nitrogens is 2. The number of carbonyl (C=O) groups excluding carboxylic acids is 1. The Morgan fingerprint density at radius 1 is 1.12 bits per heavy atom. The zero-order chi connectivity index (χ0) is 17.1. The molecule has 1 aliphatic heterocycles. The van der Waals surface area contributed by atoms with E-state index in [-0.39, 0.29) is 6.03 Å². The number of benzene rings is 1. The molecule has 4 rings (SSSR count). The van der Waals surface area contributed by atoms with Gasteiger partial charge in [0.25, 0.3) is 0 Å². The van der Waals surface area contributed by atoms with E-state index in [2.05, 4.69) is 39.5 Å². The van der Waals surface area contributed by atoms with Crippen molar-refractivity contribution in [1.29, 1.82) is 0 Å². The van der Waals surface area contributed by atoms with Crippen molar-refractivity contribution in [2.75, 3.05) is 6.54 Å². The quantitative estimate of drug-likeness (QED) is 0.923. The predicted octanol–water partition coefficient (Wildman–Crippen LogP) is 3.74. The summed E-state index contributed by atoms with van der Waals surface area (Å²) in [6.45, 7) is 1.49. The average Bonchev–Trinajstić information content (AvgIpc) is 3.41. The molecule has 2 aromatic rings. The lowest BCUT2D eigenvalue weighted by Crippen LogP contribution is -2.45. The first-order valence-electron chi connectivity index (χ1n) is 9.43. The summed E-state index contributed by atoms with van der Waals surface area (Å²) in [6.07, 6.45) is 13.1. The number of nitrogens with zero attached hydrogens (tertiary/aromatic N) is 3. The van der Waals surface area contributed by atoms with Gasteiger partial charge in [-0.1, -0.05) is 25.0 Å². The normalized spacial score (nSPS) is 21.0. The van der Waals surface area contributed by atoms with Crippen LogP contribution in [0.1, 0.15) is 44.1 Å². The van der Waals surface area contributed by atoms with Crippen molar-refractivity contribution in [3.63, 3.8) is 0 Å². The minimum absolute atomic E-state index is 0.105. The van der Waals surface area contributed by atoms with Gasteiger partial charge < -0.3 is 14.8 Å². The van der Waals surface area contributed by atoms with Crippen LogP contribution >= 0.6 is 0 Å². The van der Waals surface area contributed by atoms with Crippen LogP contribution in [-0.4, -0.2) is 33.1 Å². The average molecular weight is 338 g/mol. The van der Waals surface area contributed by atoms with Crippen LogP contribution in [0.5, 0.6) is 0 Å². The summed E-state index contributed by atoms with van der Waals surface area (Å²) in [6, 6.07) is 8.81. The molecule has 1 aliphatic carbocycles. The zero-order valence-corrected chi connectivity index (χ0v) is 14.6.